The van der Waals surface area contributed by atoms with Gasteiger partial charge in [0.05, 0.1) is 0 Å². The van der Waals surface area contributed by atoms with E-state index in [1.54, 1.807) is 0 Å². The molecular weight excluding hydrogens is 184 g/mol. The summed E-state index contributed by atoms with van der Waals surface area (Å²) in [5.41, 5.74) is 7.42. The number of nitrogens with two attached hydrogens (primary N) is 1. The summed E-state index contributed by atoms with van der Waals surface area (Å²) in [5.74, 6) is 0.734. The molecule has 1 aliphatic rings. The Balaban J connectivity index is 1.94. The number of rotatable bonds is 2. The molecule has 0 bridgehead atoms. The summed E-state index contributed by atoms with van der Waals surface area (Å²) in [5, 5.41) is 0. The lowest BCUT2D eigenvalue weighted by Crippen LogP contribution is -2.45. The van der Waals surface area contributed by atoms with Gasteiger partial charge < -0.3 is 5.73 Å². The number of piperidine rings is 1. The monoisotopic (exact) mass is 204 g/mol. The predicted molar refractivity (Wildman–Crippen MR) is 63.5 cm³/mol. The molecule has 0 amide bonds. The Labute approximate surface area is 92.1 Å². The molecule has 1 heterocycles. The minimum atomic E-state index is 0.359. The van der Waals surface area contributed by atoms with E-state index in [0.717, 1.165) is 19.0 Å². The zero-order valence-electron chi connectivity index (χ0n) is 9.39. The molecule has 1 saturated heterocycles. The van der Waals surface area contributed by atoms with Crippen molar-refractivity contribution in [2.24, 2.45) is 11.7 Å². The average Bonchev–Trinajstić information content (AvgIpc) is 2.17. The molecule has 2 unspecified atom stereocenters. The van der Waals surface area contributed by atoms with E-state index in [2.05, 4.69) is 42.2 Å². The lowest BCUT2D eigenvalue weighted by Gasteiger charge is -2.34. The van der Waals surface area contributed by atoms with Gasteiger partial charge in [-0.2, -0.15) is 0 Å². The Morgan fingerprint density at radius 2 is 2.00 bits per heavy atom. The van der Waals surface area contributed by atoms with Gasteiger partial charge in [0, 0.05) is 25.7 Å². The van der Waals surface area contributed by atoms with Crippen molar-refractivity contribution in [2.75, 3.05) is 13.1 Å². The molecule has 2 heteroatoms. The third-order valence-corrected chi connectivity index (χ3v) is 3.02. The van der Waals surface area contributed by atoms with E-state index in [1.165, 1.54) is 18.5 Å². The number of nitrogens with zero attached hydrogens (tertiary/aromatic N) is 1. The third kappa shape index (κ3) is 3.05. The van der Waals surface area contributed by atoms with E-state index >= 15 is 0 Å². The maximum atomic E-state index is 6.03. The highest BCUT2D eigenvalue weighted by atomic mass is 15.1. The second-order valence-electron chi connectivity index (χ2n) is 4.78. The normalized spacial score (nSPS) is 27.9. The molecule has 82 valence electrons. The SMILES string of the molecule is CC1CC(N)CN(Cc2ccccc2)C1. The number of likely N-dealkylation sites (tertiary alicyclic amines) is 1. The molecule has 1 aromatic rings. The molecule has 2 N–H and O–H groups in total. The summed E-state index contributed by atoms with van der Waals surface area (Å²) >= 11 is 0. The van der Waals surface area contributed by atoms with Gasteiger partial charge in [-0.05, 0) is 17.9 Å². The fourth-order valence-electron chi connectivity index (χ4n) is 2.48. The van der Waals surface area contributed by atoms with Crippen LogP contribution in [-0.4, -0.2) is 24.0 Å². The van der Waals surface area contributed by atoms with Gasteiger partial charge >= 0.3 is 0 Å². The zero-order valence-corrected chi connectivity index (χ0v) is 9.39. The van der Waals surface area contributed by atoms with Crippen LogP contribution in [0.25, 0.3) is 0 Å². The lowest BCUT2D eigenvalue weighted by molar-refractivity contribution is 0.158. The lowest BCUT2D eigenvalue weighted by atomic mass is 9.96. The Hall–Kier alpha value is -0.860. The van der Waals surface area contributed by atoms with E-state index in [1.807, 2.05) is 0 Å². The van der Waals surface area contributed by atoms with E-state index in [0.29, 0.717) is 6.04 Å². The van der Waals surface area contributed by atoms with Crippen LogP contribution >= 0.6 is 0 Å². The molecule has 0 radical (unpaired) electrons. The summed E-state index contributed by atoms with van der Waals surface area (Å²) in [6.45, 7) is 5.55. The van der Waals surface area contributed by atoms with E-state index in [-0.39, 0.29) is 0 Å². The van der Waals surface area contributed by atoms with Crippen LogP contribution in [-0.2, 0) is 6.54 Å². The molecule has 1 aromatic carbocycles. The Kier molecular flexibility index (Phi) is 3.39. The fraction of sp³-hybridized carbons (Fsp3) is 0.538. The van der Waals surface area contributed by atoms with Crippen LogP contribution < -0.4 is 5.73 Å². The van der Waals surface area contributed by atoms with E-state index in [4.69, 9.17) is 5.73 Å². The van der Waals surface area contributed by atoms with Crippen molar-refractivity contribution in [2.45, 2.75) is 25.9 Å². The zero-order chi connectivity index (χ0) is 10.7. The smallest absolute Gasteiger partial charge is 0.0234 e. The van der Waals surface area contributed by atoms with Crippen molar-refractivity contribution in [3.05, 3.63) is 35.9 Å². The van der Waals surface area contributed by atoms with Crippen LogP contribution in [0.1, 0.15) is 18.9 Å². The molecule has 2 nitrogen and oxygen atoms in total. The average molecular weight is 204 g/mol. The van der Waals surface area contributed by atoms with Crippen molar-refractivity contribution < 1.29 is 0 Å². The molecule has 0 aromatic heterocycles. The summed E-state index contributed by atoms with van der Waals surface area (Å²) < 4.78 is 0. The molecule has 1 aliphatic heterocycles. The highest BCUT2D eigenvalue weighted by Gasteiger charge is 2.21. The Bertz CT molecular complexity index is 287. The number of benzene rings is 1. The van der Waals surface area contributed by atoms with E-state index in [9.17, 15) is 0 Å². The van der Waals surface area contributed by atoms with Crippen molar-refractivity contribution in [3.63, 3.8) is 0 Å². The van der Waals surface area contributed by atoms with Crippen molar-refractivity contribution in [1.82, 2.24) is 4.90 Å². The topological polar surface area (TPSA) is 29.3 Å². The van der Waals surface area contributed by atoms with Crippen molar-refractivity contribution >= 4 is 0 Å². The maximum absolute atomic E-state index is 6.03. The second kappa shape index (κ2) is 4.77. The first kappa shape index (κ1) is 10.7. The van der Waals surface area contributed by atoms with Gasteiger partial charge in [0.1, 0.15) is 0 Å². The van der Waals surface area contributed by atoms with Gasteiger partial charge in [0.25, 0.3) is 0 Å². The van der Waals surface area contributed by atoms with Crippen LogP contribution in [0.3, 0.4) is 0 Å². The summed E-state index contributed by atoms with van der Waals surface area (Å²) in [6.07, 6.45) is 1.17. The quantitative estimate of drug-likeness (QED) is 0.796. The first-order valence-electron chi connectivity index (χ1n) is 5.76. The molecule has 1 fully saturated rings. The van der Waals surface area contributed by atoms with Crippen LogP contribution in [0.5, 0.6) is 0 Å². The highest BCUT2D eigenvalue weighted by molar-refractivity contribution is 5.14. The predicted octanol–water partition coefficient (Wildman–Crippen LogP) is 1.86. The highest BCUT2D eigenvalue weighted by Crippen LogP contribution is 2.17. The van der Waals surface area contributed by atoms with Crippen molar-refractivity contribution in [3.8, 4) is 0 Å². The van der Waals surface area contributed by atoms with Gasteiger partial charge in [-0.3, -0.25) is 4.90 Å². The van der Waals surface area contributed by atoms with Gasteiger partial charge in [-0.1, -0.05) is 37.3 Å². The first-order chi connectivity index (χ1) is 7.24. The second-order valence-corrected chi connectivity index (χ2v) is 4.78. The summed E-state index contributed by atoms with van der Waals surface area (Å²) in [4.78, 5) is 2.47. The van der Waals surface area contributed by atoms with Crippen molar-refractivity contribution in [1.29, 1.82) is 0 Å². The molecule has 0 aliphatic carbocycles. The molecular formula is C13H20N2. The minimum absolute atomic E-state index is 0.359. The van der Waals surface area contributed by atoms with Gasteiger partial charge in [0.15, 0.2) is 0 Å². The minimum Gasteiger partial charge on any atom is -0.327 e. The Morgan fingerprint density at radius 1 is 1.27 bits per heavy atom. The largest absolute Gasteiger partial charge is 0.327 e. The van der Waals surface area contributed by atoms with Gasteiger partial charge in [-0.25, -0.2) is 0 Å². The van der Waals surface area contributed by atoms with Crippen LogP contribution in [0.15, 0.2) is 30.3 Å². The first-order valence-corrected chi connectivity index (χ1v) is 5.76. The number of hydrogen-bond donors (Lipinski definition) is 1. The third-order valence-electron chi connectivity index (χ3n) is 3.02. The van der Waals surface area contributed by atoms with Crippen LogP contribution in [0.4, 0.5) is 0 Å². The summed E-state index contributed by atoms with van der Waals surface area (Å²) in [6, 6.07) is 11.0. The van der Waals surface area contributed by atoms with Gasteiger partial charge in [0.2, 0.25) is 0 Å². The molecule has 0 saturated carbocycles. The standard InChI is InChI=1S/C13H20N2/c1-11-7-13(14)10-15(8-11)9-12-5-3-2-4-6-12/h2-6,11,13H,7-10,14H2,1H3. The number of hydrogen-bond acceptors (Lipinski definition) is 2. The van der Waals surface area contributed by atoms with E-state index < -0.39 is 0 Å². The van der Waals surface area contributed by atoms with Crippen LogP contribution in [0.2, 0.25) is 0 Å². The summed E-state index contributed by atoms with van der Waals surface area (Å²) in [7, 11) is 0. The molecule has 2 atom stereocenters. The van der Waals surface area contributed by atoms with Gasteiger partial charge in [-0.15, -0.1) is 0 Å². The molecule has 2 rings (SSSR count). The Morgan fingerprint density at radius 3 is 2.67 bits per heavy atom. The molecule has 15 heavy (non-hydrogen) atoms. The maximum Gasteiger partial charge on any atom is 0.0234 e. The molecule has 0 spiro atoms. The van der Waals surface area contributed by atoms with Crippen LogP contribution in [0, 0.1) is 5.92 Å². The fourth-order valence-corrected chi connectivity index (χ4v) is 2.48.